The molecule has 3 heterocycles. The molecule has 174 valence electrons. The van der Waals surface area contributed by atoms with Crippen LogP contribution in [0.5, 0.6) is 0 Å². The molecule has 3 saturated heterocycles. The molecule has 0 bridgehead atoms. The number of rotatable bonds is 6. The van der Waals surface area contributed by atoms with E-state index in [1.54, 1.807) is 0 Å². The second-order valence-corrected chi connectivity index (χ2v) is 9.13. The maximum atomic E-state index is 12.7. The fourth-order valence-corrected chi connectivity index (χ4v) is 4.92. The average molecular weight is 535 g/mol. The first-order valence-corrected chi connectivity index (χ1v) is 11.8. The van der Waals surface area contributed by atoms with Crippen molar-refractivity contribution < 1.29 is 4.79 Å². The Bertz CT molecular complexity index is 540. The predicted molar refractivity (Wildman–Crippen MR) is 135 cm³/mol. The van der Waals surface area contributed by atoms with Crippen molar-refractivity contribution >= 4 is 35.8 Å². The van der Waals surface area contributed by atoms with E-state index < -0.39 is 0 Å². The smallest absolute Gasteiger partial charge is 0.239 e. The number of nitrogens with one attached hydrogen (secondary N) is 1. The zero-order valence-electron chi connectivity index (χ0n) is 19.3. The van der Waals surface area contributed by atoms with E-state index in [2.05, 4.69) is 38.9 Å². The van der Waals surface area contributed by atoms with Crippen LogP contribution in [0.4, 0.5) is 0 Å². The van der Waals surface area contributed by atoms with Crippen LogP contribution in [0.1, 0.15) is 46.0 Å². The average Bonchev–Trinajstić information content (AvgIpc) is 3.29. The predicted octanol–water partition coefficient (Wildman–Crippen LogP) is 1.93. The number of likely N-dealkylation sites (tertiary alicyclic amines) is 2. The van der Waals surface area contributed by atoms with E-state index in [1.807, 2.05) is 11.9 Å². The zero-order valence-corrected chi connectivity index (χ0v) is 21.6. The van der Waals surface area contributed by atoms with Crippen molar-refractivity contribution in [2.24, 2.45) is 10.9 Å². The second kappa shape index (κ2) is 13.1. The number of hydrogen-bond acceptors (Lipinski definition) is 4. The molecule has 3 rings (SSSR count). The first-order valence-electron chi connectivity index (χ1n) is 11.8. The van der Waals surface area contributed by atoms with Crippen LogP contribution in [0.3, 0.4) is 0 Å². The van der Waals surface area contributed by atoms with Gasteiger partial charge >= 0.3 is 0 Å². The van der Waals surface area contributed by atoms with Crippen molar-refractivity contribution in [2.45, 2.75) is 52.0 Å². The molecular weight excluding hydrogens is 491 g/mol. The molecule has 3 aliphatic rings. The van der Waals surface area contributed by atoms with Gasteiger partial charge in [0.2, 0.25) is 5.91 Å². The van der Waals surface area contributed by atoms with E-state index in [9.17, 15) is 4.79 Å². The highest BCUT2D eigenvalue weighted by molar-refractivity contribution is 14.0. The van der Waals surface area contributed by atoms with Gasteiger partial charge in [-0.3, -0.25) is 14.7 Å². The van der Waals surface area contributed by atoms with Crippen LogP contribution < -0.4 is 5.32 Å². The number of nitrogens with zero attached hydrogens (tertiary/aromatic N) is 5. The van der Waals surface area contributed by atoms with Crippen molar-refractivity contribution in [3.05, 3.63) is 0 Å². The summed E-state index contributed by atoms with van der Waals surface area (Å²) >= 11 is 0. The molecule has 0 aromatic rings. The molecule has 0 aliphatic carbocycles. The summed E-state index contributed by atoms with van der Waals surface area (Å²) in [6.45, 7) is 14.6. The Morgan fingerprint density at radius 3 is 2.07 bits per heavy atom. The van der Waals surface area contributed by atoms with Crippen LogP contribution in [0.2, 0.25) is 0 Å². The largest absolute Gasteiger partial charge is 0.356 e. The summed E-state index contributed by atoms with van der Waals surface area (Å²) in [6.07, 6.45) is 6.41. The Morgan fingerprint density at radius 1 is 0.867 bits per heavy atom. The normalized spacial score (nSPS) is 23.8. The number of hydrogen-bond donors (Lipinski definition) is 1. The van der Waals surface area contributed by atoms with Crippen LogP contribution in [-0.4, -0.2) is 110 Å². The van der Waals surface area contributed by atoms with E-state index in [0.29, 0.717) is 11.8 Å². The summed E-state index contributed by atoms with van der Waals surface area (Å²) in [7, 11) is 1.88. The molecule has 1 N–H and O–H groups in total. The lowest BCUT2D eigenvalue weighted by Gasteiger charge is -2.39. The quantitative estimate of drug-likeness (QED) is 0.321. The van der Waals surface area contributed by atoms with Crippen molar-refractivity contribution in [3.63, 3.8) is 0 Å². The summed E-state index contributed by atoms with van der Waals surface area (Å²) in [4.78, 5) is 26.5. The van der Waals surface area contributed by atoms with Gasteiger partial charge in [0, 0.05) is 59.4 Å². The molecule has 1 amide bonds. The van der Waals surface area contributed by atoms with Gasteiger partial charge in [0.15, 0.2) is 5.96 Å². The summed E-state index contributed by atoms with van der Waals surface area (Å²) in [6, 6.07) is -0.00482. The molecule has 3 aliphatic heterocycles. The SMILES string of the molecule is CN=C(NCC(C)CN1CCCCC1)N1CCN(C(C)C(=O)N2CCCC2)CC1.I. The maximum Gasteiger partial charge on any atom is 0.239 e. The number of carbonyl (C=O) groups excluding carboxylic acids is 1. The number of carbonyl (C=O) groups is 1. The molecule has 7 nitrogen and oxygen atoms in total. The molecule has 2 atom stereocenters. The summed E-state index contributed by atoms with van der Waals surface area (Å²) in [5.74, 6) is 1.93. The Morgan fingerprint density at radius 2 is 1.47 bits per heavy atom. The molecule has 3 fully saturated rings. The minimum Gasteiger partial charge on any atom is -0.356 e. The first-order chi connectivity index (χ1) is 14.1. The Balaban J connectivity index is 0.00000320. The Kier molecular flexibility index (Phi) is 11.2. The minimum absolute atomic E-state index is 0. The maximum absolute atomic E-state index is 12.7. The number of guanidine groups is 1. The third-order valence-electron chi connectivity index (χ3n) is 6.78. The van der Waals surface area contributed by atoms with Gasteiger partial charge in [-0.15, -0.1) is 24.0 Å². The monoisotopic (exact) mass is 534 g/mol. The molecule has 2 unspecified atom stereocenters. The van der Waals surface area contributed by atoms with E-state index in [-0.39, 0.29) is 30.0 Å². The molecule has 0 aromatic heterocycles. The number of amides is 1. The zero-order chi connectivity index (χ0) is 20.6. The molecule has 0 aromatic carbocycles. The highest BCUT2D eigenvalue weighted by atomic mass is 127. The first kappa shape index (κ1) is 25.6. The molecule has 0 saturated carbocycles. The van der Waals surface area contributed by atoms with Gasteiger partial charge in [-0.05, 0) is 51.6 Å². The van der Waals surface area contributed by atoms with Crippen LogP contribution in [0.15, 0.2) is 4.99 Å². The summed E-state index contributed by atoms with van der Waals surface area (Å²) in [5, 5.41) is 3.60. The van der Waals surface area contributed by atoms with Gasteiger partial charge in [-0.25, -0.2) is 0 Å². The standard InChI is InChI=1S/C22H42N6O.HI/c1-19(18-25-9-5-4-6-10-25)17-24-22(23-3)28-15-13-26(14-16-28)20(2)21(29)27-11-7-8-12-27;/h19-20H,4-18H2,1-3H3,(H,23,24);1H. The van der Waals surface area contributed by atoms with E-state index in [4.69, 9.17) is 0 Å². The second-order valence-electron chi connectivity index (χ2n) is 9.13. The van der Waals surface area contributed by atoms with Gasteiger partial charge in [-0.1, -0.05) is 13.3 Å². The summed E-state index contributed by atoms with van der Waals surface area (Å²) < 4.78 is 0. The molecule has 30 heavy (non-hydrogen) atoms. The number of piperidine rings is 1. The van der Waals surface area contributed by atoms with Crippen molar-refractivity contribution in [2.75, 3.05) is 72.5 Å². The third kappa shape index (κ3) is 7.22. The van der Waals surface area contributed by atoms with E-state index >= 15 is 0 Å². The van der Waals surface area contributed by atoms with Crippen molar-refractivity contribution in [1.82, 2.24) is 24.9 Å². The highest BCUT2D eigenvalue weighted by Gasteiger charge is 2.30. The molecule has 0 radical (unpaired) electrons. The fourth-order valence-electron chi connectivity index (χ4n) is 4.92. The van der Waals surface area contributed by atoms with Gasteiger partial charge in [0.05, 0.1) is 6.04 Å². The lowest BCUT2D eigenvalue weighted by molar-refractivity contribution is -0.135. The van der Waals surface area contributed by atoms with Crippen molar-refractivity contribution in [3.8, 4) is 0 Å². The van der Waals surface area contributed by atoms with Crippen LogP contribution >= 0.6 is 24.0 Å². The van der Waals surface area contributed by atoms with Gasteiger partial charge in [0.25, 0.3) is 0 Å². The summed E-state index contributed by atoms with van der Waals surface area (Å²) in [5.41, 5.74) is 0. The molecule has 0 spiro atoms. The third-order valence-corrected chi connectivity index (χ3v) is 6.78. The minimum atomic E-state index is -0.00482. The van der Waals surface area contributed by atoms with Gasteiger partial charge in [-0.2, -0.15) is 0 Å². The van der Waals surface area contributed by atoms with E-state index in [0.717, 1.165) is 64.6 Å². The Hall–Kier alpha value is -0.610. The van der Waals surface area contributed by atoms with Crippen LogP contribution in [-0.2, 0) is 4.79 Å². The highest BCUT2D eigenvalue weighted by Crippen LogP contribution is 2.14. The number of piperazine rings is 1. The molecular formula is C22H43IN6O. The van der Waals surface area contributed by atoms with E-state index in [1.165, 1.54) is 38.9 Å². The van der Waals surface area contributed by atoms with Gasteiger partial charge in [0.1, 0.15) is 0 Å². The lowest BCUT2D eigenvalue weighted by atomic mass is 10.1. The number of halogens is 1. The van der Waals surface area contributed by atoms with Crippen molar-refractivity contribution in [1.29, 1.82) is 0 Å². The van der Waals surface area contributed by atoms with Crippen LogP contribution in [0.25, 0.3) is 0 Å². The molecule has 8 heteroatoms. The van der Waals surface area contributed by atoms with Crippen LogP contribution in [0, 0.1) is 5.92 Å². The topological polar surface area (TPSA) is 54.4 Å². The lowest BCUT2D eigenvalue weighted by Crippen LogP contribution is -2.57. The fraction of sp³-hybridized carbons (Fsp3) is 0.909. The van der Waals surface area contributed by atoms with Gasteiger partial charge < -0.3 is 20.0 Å². The Labute approximate surface area is 200 Å². The number of aliphatic imine (C=N–C) groups is 1.